The summed E-state index contributed by atoms with van der Waals surface area (Å²) in [5.41, 5.74) is 1.38. The van der Waals surface area contributed by atoms with E-state index in [1.54, 1.807) is 4.88 Å². The summed E-state index contributed by atoms with van der Waals surface area (Å²) in [6, 6.07) is 0.467. The molecule has 4 heteroatoms. The maximum absolute atomic E-state index is 4.79. The van der Waals surface area contributed by atoms with Gasteiger partial charge in [0.2, 0.25) is 0 Å². The van der Waals surface area contributed by atoms with Gasteiger partial charge in [0, 0.05) is 4.88 Å². The van der Waals surface area contributed by atoms with Gasteiger partial charge in [0.05, 0.1) is 11.7 Å². The van der Waals surface area contributed by atoms with Crippen molar-refractivity contribution in [1.82, 2.24) is 10.3 Å². The molecule has 1 atom stereocenters. The van der Waals surface area contributed by atoms with E-state index in [0.717, 1.165) is 0 Å². The third kappa shape index (κ3) is 2.79. The van der Waals surface area contributed by atoms with Gasteiger partial charge in [-0.25, -0.2) is 4.98 Å². The molecule has 0 aliphatic heterocycles. The Morgan fingerprint density at radius 1 is 1.50 bits per heavy atom. The van der Waals surface area contributed by atoms with Crippen molar-refractivity contribution in [2.45, 2.75) is 38.6 Å². The summed E-state index contributed by atoms with van der Waals surface area (Å²) in [4.78, 5) is 6.33. The first-order chi connectivity index (χ1) is 7.85. The van der Waals surface area contributed by atoms with Gasteiger partial charge in [-0.2, -0.15) is 11.8 Å². The minimum absolute atomic E-state index is 0.467. The first-order valence-corrected chi connectivity index (χ1v) is 8.05. The molecular formula is C12H20N2S2. The van der Waals surface area contributed by atoms with Crippen LogP contribution in [0, 0.1) is 0 Å². The standard InChI is InChI=1S/C12H20N2S2/c1-3-15-8-7-10(13-2)12-14-9-5-4-6-11(9)16-12/h10,13H,3-8H2,1-2H3. The van der Waals surface area contributed by atoms with Crippen LogP contribution in [0.3, 0.4) is 0 Å². The number of aryl methyl sites for hydroxylation is 2. The third-order valence-electron chi connectivity index (χ3n) is 3.01. The van der Waals surface area contributed by atoms with E-state index in [4.69, 9.17) is 4.98 Å². The topological polar surface area (TPSA) is 24.9 Å². The van der Waals surface area contributed by atoms with Crippen LogP contribution in [-0.4, -0.2) is 23.5 Å². The molecule has 1 unspecified atom stereocenters. The van der Waals surface area contributed by atoms with Crippen molar-refractivity contribution in [2.24, 2.45) is 0 Å². The molecule has 2 nitrogen and oxygen atoms in total. The molecule has 0 aromatic carbocycles. The summed E-state index contributed by atoms with van der Waals surface area (Å²) in [5.74, 6) is 2.44. The molecule has 1 aliphatic rings. The molecule has 16 heavy (non-hydrogen) atoms. The lowest BCUT2D eigenvalue weighted by atomic mass is 10.2. The number of aromatic nitrogens is 1. The first kappa shape index (κ1) is 12.4. The Labute approximate surface area is 106 Å². The summed E-state index contributed by atoms with van der Waals surface area (Å²) < 4.78 is 0. The van der Waals surface area contributed by atoms with E-state index in [2.05, 4.69) is 12.2 Å². The van der Waals surface area contributed by atoms with Crippen LogP contribution in [0.5, 0.6) is 0 Å². The fourth-order valence-corrected chi connectivity index (χ4v) is 4.09. The van der Waals surface area contributed by atoms with E-state index >= 15 is 0 Å². The van der Waals surface area contributed by atoms with Gasteiger partial charge in [0.1, 0.15) is 5.01 Å². The largest absolute Gasteiger partial charge is 0.311 e. The molecule has 2 rings (SSSR count). The van der Waals surface area contributed by atoms with E-state index in [9.17, 15) is 0 Å². The second-order valence-corrected chi connectivity index (χ2v) is 6.61. The second-order valence-electron chi connectivity index (χ2n) is 4.10. The average Bonchev–Trinajstić information content (AvgIpc) is 2.84. The van der Waals surface area contributed by atoms with Gasteiger partial charge in [-0.05, 0) is 44.2 Å². The number of hydrogen-bond acceptors (Lipinski definition) is 4. The van der Waals surface area contributed by atoms with Gasteiger partial charge in [-0.1, -0.05) is 6.92 Å². The Hall–Kier alpha value is -0.0600. The van der Waals surface area contributed by atoms with Gasteiger partial charge in [-0.15, -0.1) is 11.3 Å². The SMILES string of the molecule is CCSCCC(NC)c1nc2c(s1)CCC2. The highest BCUT2D eigenvalue weighted by Crippen LogP contribution is 2.31. The Balaban J connectivity index is 1.97. The predicted molar refractivity (Wildman–Crippen MR) is 73.6 cm³/mol. The van der Waals surface area contributed by atoms with E-state index in [1.165, 1.54) is 47.9 Å². The van der Waals surface area contributed by atoms with E-state index in [0.29, 0.717) is 6.04 Å². The van der Waals surface area contributed by atoms with E-state index < -0.39 is 0 Å². The van der Waals surface area contributed by atoms with Crippen LogP contribution >= 0.6 is 23.1 Å². The molecule has 0 saturated heterocycles. The van der Waals surface area contributed by atoms with Gasteiger partial charge >= 0.3 is 0 Å². The van der Waals surface area contributed by atoms with Crippen molar-refractivity contribution < 1.29 is 0 Å². The van der Waals surface area contributed by atoms with Crippen LogP contribution in [0.2, 0.25) is 0 Å². The molecule has 1 N–H and O–H groups in total. The molecule has 0 radical (unpaired) electrons. The highest BCUT2D eigenvalue weighted by Gasteiger charge is 2.20. The number of nitrogens with zero attached hydrogens (tertiary/aromatic N) is 1. The van der Waals surface area contributed by atoms with Gasteiger partial charge < -0.3 is 5.32 Å². The quantitative estimate of drug-likeness (QED) is 0.792. The average molecular weight is 256 g/mol. The number of fused-ring (bicyclic) bond motifs is 1. The molecule has 0 bridgehead atoms. The number of rotatable bonds is 6. The minimum atomic E-state index is 0.467. The lowest BCUT2D eigenvalue weighted by Crippen LogP contribution is -2.17. The number of hydrogen-bond donors (Lipinski definition) is 1. The van der Waals surface area contributed by atoms with Crippen LogP contribution in [0.25, 0.3) is 0 Å². The van der Waals surface area contributed by atoms with Gasteiger partial charge in [-0.3, -0.25) is 0 Å². The second kappa shape index (κ2) is 6.03. The van der Waals surface area contributed by atoms with Crippen molar-refractivity contribution >= 4 is 23.1 Å². The molecular weight excluding hydrogens is 236 g/mol. The monoisotopic (exact) mass is 256 g/mol. The Bertz CT molecular complexity index is 314. The van der Waals surface area contributed by atoms with Crippen molar-refractivity contribution in [3.63, 3.8) is 0 Å². The molecule has 1 heterocycles. The zero-order valence-electron chi connectivity index (χ0n) is 10.1. The zero-order valence-corrected chi connectivity index (χ0v) is 11.7. The molecule has 1 aromatic rings. The maximum Gasteiger partial charge on any atom is 0.110 e. The predicted octanol–water partition coefficient (Wildman–Crippen LogP) is 3.04. The van der Waals surface area contributed by atoms with Crippen LogP contribution in [0.15, 0.2) is 0 Å². The van der Waals surface area contributed by atoms with Crippen molar-refractivity contribution in [3.05, 3.63) is 15.6 Å². The smallest absolute Gasteiger partial charge is 0.110 e. The number of thioether (sulfide) groups is 1. The Morgan fingerprint density at radius 3 is 3.06 bits per heavy atom. The summed E-state index contributed by atoms with van der Waals surface area (Å²) in [7, 11) is 2.05. The molecule has 0 amide bonds. The summed E-state index contributed by atoms with van der Waals surface area (Å²) in [6.07, 6.45) is 4.96. The molecule has 1 aromatic heterocycles. The van der Waals surface area contributed by atoms with E-state index in [-0.39, 0.29) is 0 Å². The van der Waals surface area contributed by atoms with E-state index in [1.807, 2.05) is 30.1 Å². The fourth-order valence-electron chi connectivity index (χ4n) is 2.10. The van der Waals surface area contributed by atoms with Crippen LogP contribution < -0.4 is 5.32 Å². The highest BCUT2D eigenvalue weighted by molar-refractivity contribution is 7.99. The summed E-state index contributed by atoms with van der Waals surface area (Å²) in [5, 5.41) is 4.71. The van der Waals surface area contributed by atoms with Crippen LogP contribution in [0.1, 0.15) is 41.4 Å². The fraction of sp³-hybridized carbons (Fsp3) is 0.750. The normalized spacial score (nSPS) is 16.4. The Morgan fingerprint density at radius 2 is 2.38 bits per heavy atom. The highest BCUT2D eigenvalue weighted by atomic mass is 32.2. The van der Waals surface area contributed by atoms with Crippen molar-refractivity contribution in [3.8, 4) is 0 Å². The van der Waals surface area contributed by atoms with Gasteiger partial charge in [0.15, 0.2) is 0 Å². The lowest BCUT2D eigenvalue weighted by molar-refractivity contribution is 0.576. The molecule has 0 saturated carbocycles. The molecule has 1 aliphatic carbocycles. The van der Waals surface area contributed by atoms with Crippen LogP contribution in [-0.2, 0) is 12.8 Å². The first-order valence-electron chi connectivity index (χ1n) is 6.08. The lowest BCUT2D eigenvalue weighted by Gasteiger charge is -2.12. The van der Waals surface area contributed by atoms with Gasteiger partial charge in [0.25, 0.3) is 0 Å². The third-order valence-corrected chi connectivity index (χ3v) is 5.22. The zero-order chi connectivity index (χ0) is 11.4. The van der Waals surface area contributed by atoms with Crippen molar-refractivity contribution in [1.29, 1.82) is 0 Å². The number of thiazole rings is 1. The molecule has 0 fully saturated rings. The molecule has 90 valence electrons. The van der Waals surface area contributed by atoms with Crippen LogP contribution in [0.4, 0.5) is 0 Å². The van der Waals surface area contributed by atoms with Crippen molar-refractivity contribution in [2.75, 3.05) is 18.6 Å². The maximum atomic E-state index is 4.79. The molecule has 0 spiro atoms. The Kier molecular flexibility index (Phi) is 4.67. The summed E-state index contributed by atoms with van der Waals surface area (Å²) in [6.45, 7) is 2.22. The summed E-state index contributed by atoms with van der Waals surface area (Å²) >= 11 is 3.94. The number of nitrogens with one attached hydrogen (secondary N) is 1. The minimum Gasteiger partial charge on any atom is -0.311 e.